The molecular formula is C20H28N6O2. The van der Waals surface area contributed by atoms with Crippen molar-refractivity contribution in [3.63, 3.8) is 0 Å². The summed E-state index contributed by atoms with van der Waals surface area (Å²) >= 11 is 0. The van der Waals surface area contributed by atoms with Crippen LogP contribution in [0, 0.1) is 24.7 Å². The molecule has 0 radical (unpaired) electrons. The summed E-state index contributed by atoms with van der Waals surface area (Å²) in [7, 11) is 0. The van der Waals surface area contributed by atoms with Crippen molar-refractivity contribution < 1.29 is 9.59 Å². The molecule has 5 atom stereocenters. The maximum atomic E-state index is 12.0. The number of rotatable bonds is 5. The summed E-state index contributed by atoms with van der Waals surface area (Å²) in [5.74, 6) is 1.43. The molecule has 4 rings (SSSR count). The number of carbonyl (C=O) groups excluding carboxylic acids is 2. The van der Waals surface area contributed by atoms with E-state index in [9.17, 15) is 9.59 Å². The van der Waals surface area contributed by atoms with Gasteiger partial charge in [-0.3, -0.25) is 9.59 Å². The molecule has 2 heterocycles. The van der Waals surface area contributed by atoms with Gasteiger partial charge in [-0.25, -0.2) is 4.98 Å². The molecule has 8 nitrogen and oxygen atoms in total. The van der Waals surface area contributed by atoms with Crippen LogP contribution < -0.4 is 16.4 Å². The average molecular weight is 384 g/mol. The number of amides is 2. The number of nitrogens with one attached hydrogen (secondary N) is 2. The van der Waals surface area contributed by atoms with Crippen molar-refractivity contribution in [2.45, 2.75) is 45.2 Å². The van der Waals surface area contributed by atoms with Crippen molar-refractivity contribution in [1.82, 2.24) is 14.9 Å². The summed E-state index contributed by atoms with van der Waals surface area (Å²) in [6, 6.07) is 0.105. The number of aromatic nitrogens is 2. The number of hydrogen-bond donors (Lipinski definition) is 3. The molecule has 1 saturated carbocycles. The molecule has 2 bridgehead atoms. The summed E-state index contributed by atoms with van der Waals surface area (Å²) < 4.78 is 0. The van der Waals surface area contributed by atoms with Gasteiger partial charge in [0.15, 0.2) is 0 Å². The van der Waals surface area contributed by atoms with Gasteiger partial charge in [-0.1, -0.05) is 12.2 Å². The van der Waals surface area contributed by atoms with Gasteiger partial charge in [0.1, 0.15) is 5.82 Å². The second kappa shape index (κ2) is 7.41. The zero-order valence-electron chi connectivity index (χ0n) is 16.4. The molecule has 0 unspecified atom stereocenters. The number of piperidine rings is 1. The first-order valence-corrected chi connectivity index (χ1v) is 10.0. The summed E-state index contributed by atoms with van der Waals surface area (Å²) in [6.07, 6.45) is 8.98. The largest absolute Gasteiger partial charge is 0.369 e. The van der Waals surface area contributed by atoms with Crippen LogP contribution in [0.4, 0.5) is 11.8 Å². The van der Waals surface area contributed by atoms with Gasteiger partial charge in [-0.2, -0.15) is 4.98 Å². The number of nitrogens with zero attached hydrogens (tertiary/aromatic N) is 3. The highest BCUT2D eigenvalue weighted by Crippen LogP contribution is 2.44. The lowest BCUT2D eigenvalue weighted by Gasteiger charge is -2.32. The third-order valence-electron chi connectivity index (χ3n) is 6.26. The van der Waals surface area contributed by atoms with Crippen molar-refractivity contribution in [2.24, 2.45) is 23.5 Å². The van der Waals surface area contributed by atoms with Crippen LogP contribution in [0.5, 0.6) is 0 Å². The van der Waals surface area contributed by atoms with E-state index in [1.165, 1.54) is 0 Å². The molecule has 2 amide bonds. The molecule has 1 aromatic rings. The van der Waals surface area contributed by atoms with Crippen molar-refractivity contribution >= 4 is 23.6 Å². The molecule has 0 spiro atoms. The van der Waals surface area contributed by atoms with Crippen LogP contribution in [0.3, 0.4) is 0 Å². The van der Waals surface area contributed by atoms with Crippen LogP contribution in [0.15, 0.2) is 18.3 Å². The van der Waals surface area contributed by atoms with Gasteiger partial charge in [0.05, 0.1) is 5.92 Å². The highest BCUT2D eigenvalue weighted by atomic mass is 16.2. The van der Waals surface area contributed by atoms with Gasteiger partial charge in [0.25, 0.3) is 0 Å². The van der Waals surface area contributed by atoms with Crippen LogP contribution in [0.2, 0.25) is 0 Å². The molecular weight excluding hydrogens is 356 g/mol. The smallest absolute Gasteiger partial charge is 0.224 e. The monoisotopic (exact) mass is 384 g/mol. The molecule has 28 heavy (non-hydrogen) atoms. The van der Waals surface area contributed by atoms with Crippen LogP contribution in [0.25, 0.3) is 0 Å². The summed E-state index contributed by atoms with van der Waals surface area (Å²) in [6.45, 7) is 5.02. The fourth-order valence-corrected chi connectivity index (χ4v) is 4.79. The first kappa shape index (κ1) is 18.7. The van der Waals surface area contributed by atoms with E-state index < -0.39 is 0 Å². The van der Waals surface area contributed by atoms with Crippen molar-refractivity contribution in [2.75, 3.05) is 23.7 Å². The summed E-state index contributed by atoms with van der Waals surface area (Å²) in [4.78, 5) is 34.5. The van der Waals surface area contributed by atoms with E-state index in [1.807, 2.05) is 11.8 Å². The number of hydrogen-bond acceptors (Lipinski definition) is 6. The quantitative estimate of drug-likeness (QED) is 0.660. The van der Waals surface area contributed by atoms with Crippen molar-refractivity contribution in [1.29, 1.82) is 0 Å². The SMILES string of the molecule is CC(=O)N1CCC[C@H](Nc2ncc(C)c(N[C@H]3[C@@H](C(N)=O)[C@@H]4C=C[C@H]3C4)n2)C1. The molecule has 2 aliphatic carbocycles. The zero-order chi connectivity index (χ0) is 19.8. The van der Waals surface area contributed by atoms with Crippen molar-refractivity contribution in [3.8, 4) is 0 Å². The molecule has 8 heteroatoms. The second-order valence-electron chi connectivity index (χ2n) is 8.22. The normalized spacial score (nSPS) is 31.1. The van der Waals surface area contributed by atoms with Crippen LogP contribution >= 0.6 is 0 Å². The number of likely N-dealkylation sites (tertiary alicyclic amines) is 1. The van der Waals surface area contributed by atoms with Gasteiger partial charge in [0, 0.05) is 43.9 Å². The zero-order valence-corrected chi connectivity index (χ0v) is 16.4. The van der Waals surface area contributed by atoms with Gasteiger partial charge in [-0.05, 0) is 38.0 Å². The van der Waals surface area contributed by atoms with Crippen molar-refractivity contribution in [3.05, 3.63) is 23.9 Å². The summed E-state index contributed by atoms with van der Waals surface area (Å²) in [5, 5.41) is 6.83. The second-order valence-corrected chi connectivity index (χ2v) is 8.22. The lowest BCUT2D eigenvalue weighted by molar-refractivity contribution is -0.129. The van der Waals surface area contributed by atoms with E-state index in [0.717, 1.165) is 37.2 Å². The van der Waals surface area contributed by atoms with E-state index in [-0.39, 0.29) is 35.7 Å². The number of carbonyl (C=O) groups is 2. The van der Waals surface area contributed by atoms with Gasteiger partial charge in [-0.15, -0.1) is 0 Å². The van der Waals surface area contributed by atoms with E-state index >= 15 is 0 Å². The molecule has 0 aromatic carbocycles. The molecule has 4 N–H and O–H groups in total. The number of allylic oxidation sites excluding steroid dienone is 1. The Bertz CT molecular complexity index is 810. The Morgan fingerprint density at radius 2 is 2.04 bits per heavy atom. The van der Waals surface area contributed by atoms with Gasteiger partial charge in [0.2, 0.25) is 17.8 Å². The van der Waals surface area contributed by atoms with E-state index in [4.69, 9.17) is 5.73 Å². The minimum atomic E-state index is -0.258. The van der Waals surface area contributed by atoms with Crippen LogP contribution in [-0.4, -0.2) is 51.9 Å². The van der Waals surface area contributed by atoms with Gasteiger partial charge >= 0.3 is 0 Å². The van der Waals surface area contributed by atoms with Crippen LogP contribution in [-0.2, 0) is 9.59 Å². The maximum Gasteiger partial charge on any atom is 0.224 e. The Labute approximate surface area is 165 Å². The molecule has 1 aliphatic heterocycles. The lowest BCUT2D eigenvalue weighted by atomic mass is 9.88. The Balaban J connectivity index is 1.48. The number of primary amides is 1. The molecule has 3 aliphatic rings. The number of aryl methyl sites for hydroxylation is 1. The Morgan fingerprint density at radius 1 is 1.25 bits per heavy atom. The minimum absolute atomic E-state index is 0.0307. The highest BCUT2D eigenvalue weighted by molar-refractivity contribution is 5.80. The predicted octanol–water partition coefficient (Wildman–Crippen LogP) is 1.30. The summed E-state index contributed by atoms with van der Waals surface area (Å²) in [5.41, 5.74) is 6.59. The first-order valence-electron chi connectivity index (χ1n) is 10.0. The standard InChI is InChI=1S/C20H28N6O2/c1-11-9-22-20(23-15-4-3-7-26(10-15)12(2)27)25-19(11)24-17-14-6-5-13(8-14)16(17)18(21)28/h5-6,9,13-17H,3-4,7-8,10H2,1-2H3,(H2,21,28)(H2,22,23,24,25)/t13-,14+,15+,16+,17-/m1/s1. The third kappa shape index (κ3) is 3.55. The maximum absolute atomic E-state index is 12.0. The first-order chi connectivity index (χ1) is 13.4. The topological polar surface area (TPSA) is 113 Å². The van der Waals surface area contributed by atoms with E-state index in [2.05, 4.69) is 32.8 Å². The highest BCUT2D eigenvalue weighted by Gasteiger charge is 2.47. The van der Waals surface area contributed by atoms with E-state index in [1.54, 1.807) is 13.1 Å². The molecule has 150 valence electrons. The molecule has 2 fully saturated rings. The number of anilines is 2. The minimum Gasteiger partial charge on any atom is -0.369 e. The number of fused-ring (bicyclic) bond motifs is 2. The molecule has 1 aromatic heterocycles. The molecule has 1 saturated heterocycles. The Morgan fingerprint density at radius 3 is 2.79 bits per heavy atom. The van der Waals surface area contributed by atoms with Crippen LogP contribution in [0.1, 0.15) is 31.7 Å². The number of nitrogens with two attached hydrogens (primary N) is 1. The predicted molar refractivity (Wildman–Crippen MR) is 106 cm³/mol. The fourth-order valence-electron chi connectivity index (χ4n) is 4.79. The fraction of sp³-hybridized carbons (Fsp3) is 0.600. The van der Waals surface area contributed by atoms with Gasteiger partial charge < -0.3 is 21.3 Å². The third-order valence-corrected chi connectivity index (χ3v) is 6.26. The lowest BCUT2D eigenvalue weighted by Crippen LogP contribution is -2.44. The van der Waals surface area contributed by atoms with E-state index in [0.29, 0.717) is 18.4 Å². The Hall–Kier alpha value is -2.64. The Kier molecular flexibility index (Phi) is 4.95. The average Bonchev–Trinajstić information content (AvgIpc) is 3.26.